The SMILES string of the molecule is COc1c(C)nc(C2CC2)nc1C1CC1. The number of aryl methyl sites for hydroxylation is 1. The normalized spacial score (nSPS) is 20.4. The van der Waals surface area contributed by atoms with Crippen molar-refractivity contribution in [1.29, 1.82) is 0 Å². The van der Waals surface area contributed by atoms with Crippen LogP contribution in [-0.2, 0) is 0 Å². The van der Waals surface area contributed by atoms with Crippen LogP contribution in [0.2, 0.25) is 0 Å². The summed E-state index contributed by atoms with van der Waals surface area (Å²) in [6, 6.07) is 0. The fraction of sp³-hybridized carbons (Fsp3) is 0.667. The van der Waals surface area contributed by atoms with Gasteiger partial charge in [0.1, 0.15) is 5.82 Å². The highest BCUT2D eigenvalue weighted by Gasteiger charge is 2.33. The third-order valence-corrected chi connectivity index (χ3v) is 3.19. The highest BCUT2D eigenvalue weighted by molar-refractivity contribution is 5.37. The van der Waals surface area contributed by atoms with E-state index >= 15 is 0 Å². The van der Waals surface area contributed by atoms with Crippen molar-refractivity contribution in [2.75, 3.05) is 7.11 Å². The van der Waals surface area contributed by atoms with Gasteiger partial charge in [-0.15, -0.1) is 0 Å². The zero-order chi connectivity index (χ0) is 10.4. The van der Waals surface area contributed by atoms with Crippen LogP contribution in [0.5, 0.6) is 5.75 Å². The van der Waals surface area contributed by atoms with Gasteiger partial charge in [-0.3, -0.25) is 0 Å². The predicted molar refractivity (Wildman–Crippen MR) is 57.3 cm³/mol. The van der Waals surface area contributed by atoms with Crippen molar-refractivity contribution in [3.63, 3.8) is 0 Å². The molecule has 2 saturated carbocycles. The second kappa shape index (κ2) is 3.19. The van der Waals surface area contributed by atoms with E-state index in [1.165, 1.54) is 25.7 Å². The van der Waals surface area contributed by atoms with Crippen LogP contribution in [0.4, 0.5) is 0 Å². The Labute approximate surface area is 89.9 Å². The average molecular weight is 204 g/mol. The van der Waals surface area contributed by atoms with Crippen molar-refractivity contribution in [3.05, 3.63) is 17.2 Å². The van der Waals surface area contributed by atoms with Gasteiger partial charge in [0.2, 0.25) is 0 Å². The molecule has 0 spiro atoms. The highest BCUT2D eigenvalue weighted by atomic mass is 16.5. The minimum atomic E-state index is 0.632. The lowest BCUT2D eigenvalue weighted by molar-refractivity contribution is 0.399. The van der Waals surface area contributed by atoms with Gasteiger partial charge in [-0.25, -0.2) is 9.97 Å². The van der Waals surface area contributed by atoms with Gasteiger partial charge in [0.25, 0.3) is 0 Å². The second-order valence-electron chi connectivity index (χ2n) is 4.63. The van der Waals surface area contributed by atoms with Crippen LogP contribution in [0.25, 0.3) is 0 Å². The van der Waals surface area contributed by atoms with Crippen molar-refractivity contribution >= 4 is 0 Å². The lowest BCUT2D eigenvalue weighted by atomic mass is 10.2. The van der Waals surface area contributed by atoms with Gasteiger partial charge in [0, 0.05) is 11.8 Å². The number of hydrogen-bond acceptors (Lipinski definition) is 3. The van der Waals surface area contributed by atoms with Gasteiger partial charge in [-0.2, -0.15) is 0 Å². The zero-order valence-corrected chi connectivity index (χ0v) is 9.29. The van der Waals surface area contributed by atoms with Crippen molar-refractivity contribution in [1.82, 2.24) is 9.97 Å². The van der Waals surface area contributed by atoms with E-state index in [-0.39, 0.29) is 0 Å². The van der Waals surface area contributed by atoms with Crippen LogP contribution < -0.4 is 4.74 Å². The predicted octanol–water partition coefficient (Wildman–Crippen LogP) is 2.55. The second-order valence-corrected chi connectivity index (χ2v) is 4.63. The molecule has 3 rings (SSSR count). The molecule has 0 saturated heterocycles. The smallest absolute Gasteiger partial charge is 0.161 e. The molecule has 3 nitrogen and oxygen atoms in total. The number of rotatable bonds is 3. The summed E-state index contributed by atoms with van der Waals surface area (Å²) in [5.74, 6) is 3.24. The Hall–Kier alpha value is -1.12. The summed E-state index contributed by atoms with van der Waals surface area (Å²) >= 11 is 0. The third-order valence-electron chi connectivity index (χ3n) is 3.19. The molecule has 2 fully saturated rings. The molecule has 0 atom stereocenters. The molecule has 0 aliphatic heterocycles. The van der Waals surface area contributed by atoms with Crippen LogP contribution in [0, 0.1) is 6.92 Å². The fourth-order valence-electron chi connectivity index (χ4n) is 2.02. The first kappa shape index (κ1) is 9.13. The number of ether oxygens (including phenoxy) is 1. The standard InChI is InChI=1S/C12H16N2O/c1-7-11(15-2)10(8-3-4-8)14-12(13-7)9-5-6-9/h8-9H,3-6H2,1-2H3. The zero-order valence-electron chi connectivity index (χ0n) is 9.29. The summed E-state index contributed by atoms with van der Waals surface area (Å²) in [6.45, 7) is 2.03. The molecule has 0 bridgehead atoms. The van der Waals surface area contributed by atoms with Gasteiger partial charge in [-0.05, 0) is 32.6 Å². The van der Waals surface area contributed by atoms with E-state index in [1.54, 1.807) is 7.11 Å². The van der Waals surface area contributed by atoms with E-state index in [0.717, 1.165) is 23.0 Å². The summed E-state index contributed by atoms with van der Waals surface area (Å²) < 4.78 is 5.41. The fourth-order valence-corrected chi connectivity index (χ4v) is 2.02. The molecule has 2 aliphatic carbocycles. The number of hydrogen-bond donors (Lipinski definition) is 0. The van der Waals surface area contributed by atoms with Gasteiger partial charge < -0.3 is 4.74 Å². The van der Waals surface area contributed by atoms with E-state index in [0.29, 0.717) is 11.8 Å². The average Bonchev–Trinajstić information content (AvgIpc) is 3.07. The van der Waals surface area contributed by atoms with E-state index in [1.807, 2.05) is 6.92 Å². The quantitative estimate of drug-likeness (QED) is 0.759. The summed E-state index contributed by atoms with van der Waals surface area (Å²) in [7, 11) is 1.72. The number of nitrogens with zero attached hydrogens (tertiary/aromatic N) is 2. The number of methoxy groups -OCH3 is 1. The molecule has 0 amide bonds. The van der Waals surface area contributed by atoms with E-state index in [2.05, 4.69) is 4.98 Å². The lowest BCUT2D eigenvalue weighted by Crippen LogP contribution is -2.04. The maximum Gasteiger partial charge on any atom is 0.161 e. The Morgan fingerprint density at radius 2 is 1.73 bits per heavy atom. The molecule has 0 aromatic carbocycles. The maximum absolute atomic E-state index is 5.41. The molecule has 1 heterocycles. The first-order chi connectivity index (χ1) is 7.29. The Morgan fingerprint density at radius 3 is 2.27 bits per heavy atom. The molecular formula is C12H16N2O. The van der Waals surface area contributed by atoms with Crippen LogP contribution in [0.1, 0.15) is 54.7 Å². The topological polar surface area (TPSA) is 35.0 Å². The highest BCUT2D eigenvalue weighted by Crippen LogP contribution is 2.46. The van der Waals surface area contributed by atoms with E-state index in [4.69, 9.17) is 9.72 Å². The summed E-state index contributed by atoms with van der Waals surface area (Å²) in [5, 5.41) is 0. The molecule has 3 heteroatoms. The Bertz CT molecular complexity index is 395. The molecule has 0 N–H and O–H groups in total. The van der Waals surface area contributed by atoms with Crippen LogP contribution >= 0.6 is 0 Å². The van der Waals surface area contributed by atoms with Gasteiger partial charge >= 0.3 is 0 Å². The molecule has 0 unspecified atom stereocenters. The van der Waals surface area contributed by atoms with Gasteiger partial charge in [-0.1, -0.05) is 0 Å². The lowest BCUT2D eigenvalue weighted by Gasteiger charge is -2.11. The summed E-state index contributed by atoms with van der Waals surface area (Å²) in [4.78, 5) is 9.23. The molecule has 1 aromatic heterocycles. The van der Waals surface area contributed by atoms with Gasteiger partial charge in [0.15, 0.2) is 5.75 Å². The number of aromatic nitrogens is 2. The molecular weight excluding hydrogens is 188 g/mol. The molecule has 1 aromatic rings. The first-order valence-electron chi connectivity index (χ1n) is 5.72. The summed E-state index contributed by atoms with van der Waals surface area (Å²) in [6.07, 6.45) is 5.04. The van der Waals surface area contributed by atoms with Crippen molar-refractivity contribution in [3.8, 4) is 5.75 Å². The molecule has 15 heavy (non-hydrogen) atoms. The third kappa shape index (κ3) is 1.60. The van der Waals surface area contributed by atoms with Crippen LogP contribution in [0.15, 0.2) is 0 Å². The Kier molecular flexibility index (Phi) is 1.94. The first-order valence-corrected chi connectivity index (χ1v) is 5.72. The monoisotopic (exact) mass is 204 g/mol. The van der Waals surface area contributed by atoms with E-state index < -0.39 is 0 Å². The van der Waals surface area contributed by atoms with Crippen LogP contribution in [0.3, 0.4) is 0 Å². The molecule has 2 aliphatic rings. The van der Waals surface area contributed by atoms with Crippen molar-refractivity contribution in [2.45, 2.75) is 44.4 Å². The van der Waals surface area contributed by atoms with Gasteiger partial charge in [0.05, 0.1) is 18.5 Å². The molecule has 0 radical (unpaired) electrons. The van der Waals surface area contributed by atoms with E-state index in [9.17, 15) is 0 Å². The Balaban J connectivity index is 2.06. The van der Waals surface area contributed by atoms with Crippen molar-refractivity contribution in [2.24, 2.45) is 0 Å². The Morgan fingerprint density at radius 1 is 1.07 bits per heavy atom. The van der Waals surface area contributed by atoms with Crippen molar-refractivity contribution < 1.29 is 4.74 Å². The molecule has 80 valence electrons. The maximum atomic E-state index is 5.41. The minimum absolute atomic E-state index is 0.632. The summed E-state index contributed by atoms with van der Waals surface area (Å²) in [5.41, 5.74) is 2.17. The minimum Gasteiger partial charge on any atom is -0.493 e. The largest absolute Gasteiger partial charge is 0.493 e. The van der Waals surface area contributed by atoms with Crippen LogP contribution in [-0.4, -0.2) is 17.1 Å².